The maximum Gasteiger partial charge on any atom is 0.250 e. The summed E-state index contributed by atoms with van der Waals surface area (Å²) in [5.74, 6) is -0.487. The number of aromatic nitrogens is 2. The fourth-order valence-electron chi connectivity index (χ4n) is 1.67. The highest BCUT2D eigenvalue weighted by molar-refractivity contribution is 5.99. The molecule has 0 fully saturated rings. The molecule has 18 heavy (non-hydrogen) atoms. The molecule has 5 N–H and O–H groups in total. The molecule has 6 heteroatoms. The van der Waals surface area contributed by atoms with Crippen molar-refractivity contribution in [3.8, 4) is 0 Å². The van der Waals surface area contributed by atoms with E-state index in [4.69, 9.17) is 11.5 Å². The average molecular weight is 245 g/mol. The van der Waals surface area contributed by atoms with Crippen molar-refractivity contribution in [2.24, 2.45) is 12.8 Å². The van der Waals surface area contributed by atoms with Gasteiger partial charge in [-0.25, -0.2) is 0 Å². The molecule has 0 radical (unpaired) electrons. The van der Waals surface area contributed by atoms with E-state index in [0.717, 1.165) is 5.69 Å². The van der Waals surface area contributed by atoms with Crippen molar-refractivity contribution in [2.45, 2.75) is 6.54 Å². The lowest BCUT2D eigenvalue weighted by Crippen LogP contribution is -2.14. The summed E-state index contributed by atoms with van der Waals surface area (Å²) < 4.78 is 1.71. The van der Waals surface area contributed by atoms with Crippen LogP contribution in [0.4, 0.5) is 11.4 Å². The second-order valence-corrected chi connectivity index (χ2v) is 4.00. The minimum Gasteiger partial charge on any atom is -0.399 e. The second kappa shape index (κ2) is 4.79. The normalized spacial score (nSPS) is 10.3. The number of nitrogens with zero attached hydrogens (tertiary/aromatic N) is 2. The van der Waals surface area contributed by atoms with Crippen molar-refractivity contribution in [3.05, 3.63) is 41.7 Å². The van der Waals surface area contributed by atoms with Gasteiger partial charge in [0, 0.05) is 24.6 Å². The number of benzene rings is 1. The fraction of sp³-hybridized carbons (Fsp3) is 0.167. The van der Waals surface area contributed by atoms with Gasteiger partial charge in [0.2, 0.25) is 0 Å². The van der Waals surface area contributed by atoms with Gasteiger partial charge in [-0.15, -0.1) is 0 Å². The molecule has 0 bridgehead atoms. The Bertz CT molecular complexity index is 576. The number of primary amides is 1. The van der Waals surface area contributed by atoms with Crippen LogP contribution in [0.15, 0.2) is 30.5 Å². The second-order valence-electron chi connectivity index (χ2n) is 4.00. The number of nitrogens with two attached hydrogens (primary N) is 2. The maximum absolute atomic E-state index is 11.3. The third-order valence-corrected chi connectivity index (χ3v) is 2.54. The van der Waals surface area contributed by atoms with Crippen LogP contribution in [0, 0.1) is 0 Å². The number of nitrogen functional groups attached to an aromatic ring is 1. The first-order valence-corrected chi connectivity index (χ1v) is 5.48. The minimum absolute atomic E-state index is 0.417. The summed E-state index contributed by atoms with van der Waals surface area (Å²) in [5, 5.41) is 7.34. The Morgan fingerprint density at radius 3 is 2.83 bits per heavy atom. The molecule has 6 nitrogen and oxygen atoms in total. The van der Waals surface area contributed by atoms with E-state index in [1.54, 1.807) is 22.9 Å². The summed E-state index contributed by atoms with van der Waals surface area (Å²) >= 11 is 0. The van der Waals surface area contributed by atoms with Gasteiger partial charge in [-0.2, -0.15) is 5.10 Å². The molecular weight excluding hydrogens is 230 g/mol. The third-order valence-electron chi connectivity index (χ3n) is 2.54. The van der Waals surface area contributed by atoms with Crippen LogP contribution in [0.25, 0.3) is 0 Å². The molecular formula is C12H15N5O. The Kier molecular flexibility index (Phi) is 3.18. The lowest BCUT2D eigenvalue weighted by molar-refractivity contribution is 0.100. The number of nitrogens with one attached hydrogen (secondary N) is 1. The lowest BCUT2D eigenvalue weighted by atomic mass is 10.1. The van der Waals surface area contributed by atoms with Gasteiger partial charge in [0.05, 0.1) is 17.8 Å². The van der Waals surface area contributed by atoms with E-state index in [1.807, 2.05) is 19.3 Å². The minimum atomic E-state index is -0.487. The highest BCUT2D eigenvalue weighted by atomic mass is 16.1. The summed E-state index contributed by atoms with van der Waals surface area (Å²) in [6.07, 6.45) is 1.85. The zero-order valence-electron chi connectivity index (χ0n) is 10.1. The van der Waals surface area contributed by atoms with E-state index in [0.29, 0.717) is 23.5 Å². The van der Waals surface area contributed by atoms with E-state index >= 15 is 0 Å². The predicted octanol–water partition coefficient (Wildman–Crippen LogP) is 0.713. The molecule has 2 aromatic rings. The molecule has 1 aromatic carbocycles. The summed E-state index contributed by atoms with van der Waals surface area (Å²) in [4.78, 5) is 11.3. The molecule has 94 valence electrons. The Balaban J connectivity index is 2.17. The number of carbonyl (C=O) groups is 1. The van der Waals surface area contributed by atoms with Gasteiger partial charge < -0.3 is 16.8 Å². The molecule has 0 aliphatic heterocycles. The largest absolute Gasteiger partial charge is 0.399 e. The average Bonchev–Trinajstić information content (AvgIpc) is 2.72. The fourth-order valence-corrected chi connectivity index (χ4v) is 1.67. The summed E-state index contributed by atoms with van der Waals surface area (Å²) in [5.41, 5.74) is 13.5. The van der Waals surface area contributed by atoms with Gasteiger partial charge >= 0.3 is 0 Å². The summed E-state index contributed by atoms with van der Waals surface area (Å²) in [7, 11) is 1.85. The van der Waals surface area contributed by atoms with Gasteiger partial charge in [-0.3, -0.25) is 9.48 Å². The van der Waals surface area contributed by atoms with Crippen molar-refractivity contribution >= 4 is 17.3 Å². The first-order chi connectivity index (χ1) is 8.56. The quantitative estimate of drug-likeness (QED) is 0.691. The Labute approximate surface area is 105 Å². The molecule has 1 heterocycles. The van der Waals surface area contributed by atoms with Gasteiger partial charge in [0.15, 0.2) is 0 Å². The number of amides is 1. The Morgan fingerprint density at radius 1 is 1.44 bits per heavy atom. The molecule has 0 atom stereocenters. The van der Waals surface area contributed by atoms with Crippen molar-refractivity contribution in [1.82, 2.24) is 9.78 Å². The zero-order chi connectivity index (χ0) is 13.1. The van der Waals surface area contributed by atoms with Crippen LogP contribution in [0.2, 0.25) is 0 Å². The van der Waals surface area contributed by atoms with Gasteiger partial charge in [-0.1, -0.05) is 0 Å². The first kappa shape index (κ1) is 12.0. The van der Waals surface area contributed by atoms with Crippen LogP contribution < -0.4 is 16.8 Å². The van der Waals surface area contributed by atoms with Crippen LogP contribution >= 0.6 is 0 Å². The van der Waals surface area contributed by atoms with Crippen LogP contribution in [0.1, 0.15) is 16.1 Å². The predicted molar refractivity (Wildman–Crippen MR) is 69.9 cm³/mol. The highest BCUT2D eigenvalue weighted by Gasteiger charge is 2.08. The van der Waals surface area contributed by atoms with Crippen LogP contribution in [-0.4, -0.2) is 15.7 Å². The number of aryl methyl sites for hydroxylation is 1. The summed E-state index contributed by atoms with van der Waals surface area (Å²) in [6, 6.07) is 6.83. The molecule has 0 spiro atoms. The number of rotatable bonds is 4. The number of hydrogen-bond acceptors (Lipinski definition) is 4. The van der Waals surface area contributed by atoms with E-state index in [9.17, 15) is 4.79 Å². The Hall–Kier alpha value is -2.50. The van der Waals surface area contributed by atoms with E-state index < -0.39 is 5.91 Å². The van der Waals surface area contributed by atoms with E-state index in [2.05, 4.69) is 10.4 Å². The topological polar surface area (TPSA) is 99.0 Å². The number of anilines is 2. The number of carbonyl (C=O) groups excluding carboxylic acids is 1. The SMILES string of the molecule is Cn1ccc(CNc2cc(N)ccc2C(N)=O)n1. The van der Waals surface area contributed by atoms with Gasteiger partial charge in [-0.05, 0) is 24.3 Å². The smallest absolute Gasteiger partial charge is 0.250 e. The van der Waals surface area contributed by atoms with E-state index in [1.165, 1.54) is 0 Å². The third kappa shape index (κ3) is 2.60. The van der Waals surface area contributed by atoms with E-state index in [-0.39, 0.29) is 0 Å². The van der Waals surface area contributed by atoms with Crippen LogP contribution in [0.5, 0.6) is 0 Å². The number of hydrogen-bond donors (Lipinski definition) is 3. The molecule has 0 aliphatic rings. The monoisotopic (exact) mass is 245 g/mol. The standard InChI is InChI=1S/C12H15N5O/c1-17-5-4-9(16-17)7-15-11-6-8(13)2-3-10(11)12(14)18/h2-6,15H,7,13H2,1H3,(H2,14,18). The highest BCUT2D eigenvalue weighted by Crippen LogP contribution is 2.19. The van der Waals surface area contributed by atoms with Crippen molar-refractivity contribution < 1.29 is 4.79 Å². The lowest BCUT2D eigenvalue weighted by Gasteiger charge is -2.09. The molecule has 0 unspecified atom stereocenters. The van der Waals surface area contributed by atoms with Crippen molar-refractivity contribution in [2.75, 3.05) is 11.1 Å². The molecule has 1 amide bonds. The van der Waals surface area contributed by atoms with Gasteiger partial charge in [0.25, 0.3) is 5.91 Å². The molecule has 0 saturated carbocycles. The maximum atomic E-state index is 11.3. The van der Waals surface area contributed by atoms with Crippen LogP contribution in [-0.2, 0) is 13.6 Å². The van der Waals surface area contributed by atoms with Gasteiger partial charge in [0.1, 0.15) is 0 Å². The van der Waals surface area contributed by atoms with Crippen molar-refractivity contribution in [3.63, 3.8) is 0 Å². The molecule has 1 aromatic heterocycles. The van der Waals surface area contributed by atoms with Crippen LogP contribution in [0.3, 0.4) is 0 Å². The molecule has 0 saturated heterocycles. The first-order valence-electron chi connectivity index (χ1n) is 5.48. The van der Waals surface area contributed by atoms with Crippen molar-refractivity contribution in [1.29, 1.82) is 0 Å². The molecule has 0 aliphatic carbocycles. The molecule has 2 rings (SSSR count). The zero-order valence-corrected chi connectivity index (χ0v) is 10.1. The Morgan fingerprint density at radius 2 is 2.22 bits per heavy atom. The summed E-state index contributed by atoms with van der Waals surface area (Å²) in [6.45, 7) is 0.505.